The lowest BCUT2D eigenvalue weighted by Gasteiger charge is -2.18. The molecular weight excluding hydrogens is 456 g/mol. The third-order valence-corrected chi connectivity index (χ3v) is 8.66. The van der Waals surface area contributed by atoms with Gasteiger partial charge in [0, 0.05) is 0 Å². The first kappa shape index (κ1) is 35.2. The summed E-state index contributed by atoms with van der Waals surface area (Å²) in [4.78, 5) is 0. The quantitative estimate of drug-likeness (QED) is 0.0954. The van der Waals surface area contributed by atoms with Crippen LogP contribution in [0.4, 0.5) is 0 Å². The van der Waals surface area contributed by atoms with Crippen LogP contribution in [0.25, 0.3) is 0 Å². The molecule has 0 aliphatic heterocycles. The first-order valence-electron chi connectivity index (χ1n) is 17.7. The van der Waals surface area contributed by atoms with Gasteiger partial charge in [-0.15, -0.1) is 0 Å². The van der Waals surface area contributed by atoms with Crippen molar-refractivity contribution < 1.29 is 0 Å². The monoisotopic (exact) mass is 526 g/mol. The van der Waals surface area contributed by atoms with Crippen molar-refractivity contribution >= 4 is 0 Å². The molecule has 0 saturated carbocycles. The maximum atomic E-state index is 4.28. The molecule has 0 bridgehead atoms. The summed E-state index contributed by atoms with van der Waals surface area (Å²) in [5, 5.41) is 0. The molecule has 0 N–H and O–H groups in total. The number of benzene rings is 1. The minimum Gasteiger partial charge on any atom is -0.0654 e. The standard InChI is InChI=1S/C38H69/c1-5-9-12-15-18-21-24-27-30-36-33-35(8-4)34-37(31-28-25-22-19-16-13-10-6-2)38(36)32-29-26-23-20-17-14-11-7-3/h33-34H,4-32H2,1-3H3. The molecule has 221 valence electrons. The van der Waals surface area contributed by atoms with Gasteiger partial charge in [-0.1, -0.05) is 168 Å². The smallest absolute Gasteiger partial charge is 0.0273 e. The normalized spacial score (nSPS) is 11.5. The van der Waals surface area contributed by atoms with Gasteiger partial charge >= 0.3 is 0 Å². The highest BCUT2D eigenvalue weighted by molar-refractivity contribution is 5.40. The van der Waals surface area contributed by atoms with Gasteiger partial charge in [0.1, 0.15) is 0 Å². The van der Waals surface area contributed by atoms with Crippen molar-refractivity contribution in [3.63, 3.8) is 0 Å². The minimum absolute atomic E-state index is 0.937. The fourth-order valence-corrected chi connectivity index (χ4v) is 6.12. The molecule has 0 amide bonds. The van der Waals surface area contributed by atoms with Gasteiger partial charge in [-0.3, -0.25) is 0 Å². The zero-order valence-electron chi connectivity index (χ0n) is 26.7. The van der Waals surface area contributed by atoms with Crippen LogP contribution in [0.1, 0.15) is 197 Å². The Hall–Kier alpha value is -0.780. The van der Waals surface area contributed by atoms with Crippen LogP contribution in [0.15, 0.2) is 12.1 Å². The van der Waals surface area contributed by atoms with Crippen molar-refractivity contribution in [3.05, 3.63) is 41.3 Å². The molecule has 1 aromatic rings. The first-order chi connectivity index (χ1) is 18.8. The highest BCUT2D eigenvalue weighted by Gasteiger charge is 2.11. The van der Waals surface area contributed by atoms with E-state index in [0.29, 0.717) is 0 Å². The Bertz CT molecular complexity index is 586. The van der Waals surface area contributed by atoms with Gasteiger partial charge in [-0.2, -0.15) is 0 Å². The number of rotatable bonds is 28. The Morgan fingerprint density at radius 2 is 0.684 bits per heavy atom. The van der Waals surface area contributed by atoms with Crippen LogP contribution in [-0.4, -0.2) is 0 Å². The van der Waals surface area contributed by atoms with Crippen molar-refractivity contribution in [2.24, 2.45) is 0 Å². The second kappa shape index (κ2) is 26.4. The first-order valence-corrected chi connectivity index (χ1v) is 17.7. The zero-order valence-corrected chi connectivity index (χ0v) is 26.7. The molecule has 0 atom stereocenters. The second-order valence-electron chi connectivity index (χ2n) is 12.3. The maximum absolute atomic E-state index is 4.28. The molecule has 0 saturated heterocycles. The minimum atomic E-state index is 0.937. The lowest BCUT2D eigenvalue weighted by atomic mass is 9.87. The van der Waals surface area contributed by atoms with Gasteiger partial charge in [-0.05, 0) is 74.1 Å². The SMILES string of the molecule is [CH2]Cc1cc(CCCCCCCCCC)c(CCCCCCCCCC)c(CCCCCCCCCC)c1. The average molecular weight is 526 g/mol. The van der Waals surface area contributed by atoms with E-state index in [2.05, 4.69) is 39.8 Å². The predicted molar refractivity (Wildman–Crippen MR) is 174 cm³/mol. The van der Waals surface area contributed by atoms with Crippen LogP contribution in [0.5, 0.6) is 0 Å². The molecule has 1 aromatic carbocycles. The van der Waals surface area contributed by atoms with E-state index in [0.717, 1.165) is 6.42 Å². The van der Waals surface area contributed by atoms with Crippen LogP contribution in [0.2, 0.25) is 0 Å². The third kappa shape index (κ3) is 18.5. The summed E-state index contributed by atoms with van der Waals surface area (Å²) in [6, 6.07) is 5.09. The van der Waals surface area contributed by atoms with E-state index in [-0.39, 0.29) is 0 Å². The fraction of sp³-hybridized carbons (Fsp3) is 0.816. The second-order valence-corrected chi connectivity index (χ2v) is 12.3. The van der Waals surface area contributed by atoms with Gasteiger partial charge in [0.15, 0.2) is 0 Å². The van der Waals surface area contributed by atoms with Gasteiger partial charge in [-0.25, -0.2) is 0 Å². The highest BCUT2D eigenvalue weighted by Crippen LogP contribution is 2.26. The van der Waals surface area contributed by atoms with Crippen LogP contribution < -0.4 is 0 Å². The summed E-state index contributed by atoms with van der Waals surface area (Å²) >= 11 is 0. The predicted octanol–water partition coefficient (Wildman–Crippen LogP) is 13.1. The number of hydrogen-bond donors (Lipinski definition) is 0. The number of hydrogen-bond acceptors (Lipinski definition) is 0. The van der Waals surface area contributed by atoms with E-state index < -0.39 is 0 Å². The van der Waals surface area contributed by atoms with E-state index in [1.807, 2.05) is 0 Å². The lowest BCUT2D eigenvalue weighted by molar-refractivity contribution is 0.567. The molecule has 0 unspecified atom stereocenters. The molecule has 0 spiro atoms. The molecule has 1 radical (unpaired) electrons. The van der Waals surface area contributed by atoms with Crippen molar-refractivity contribution in [1.82, 2.24) is 0 Å². The lowest BCUT2D eigenvalue weighted by Crippen LogP contribution is -2.04. The molecule has 38 heavy (non-hydrogen) atoms. The summed E-state index contributed by atoms with van der Waals surface area (Å²) in [5.41, 5.74) is 6.61. The highest BCUT2D eigenvalue weighted by atomic mass is 14.2. The van der Waals surface area contributed by atoms with Gasteiger partial charge < -0.3 is 0 Å². The van der Waals surface area contributed by atoms with E-state index >= 15 is 0 Å². The van der Waals surface area contributed by atoms with E-state index in [9.17, 15) is 0 Å². The summed E-state index contributed by atoms with van der Waals surface area (Å²) in [6.45, 7) is 11.2. The van der Waals surface area contributed by atoms with Crippen molar-refractivity contribution in [1.29, 1.82) is 0 Å². The van der Waals surface area contributed by atoms with Crippen molar-refractivity contribution in [2.75, 3.05) is 0 Å². The van der Waals surface area contributed by atoms with Gasteiger partial charge in [0.05, 0.1) is 0 Å². The van der Waals surface area contributed by atoms with Crippen LogP contribution in [-0.2, 0) is 25.7 Å². The Labute approximate surface area is 241 Å². The Balaban J connectivity index is 2.64. The fourth-order valence-electron chi connectivity index (χ4n) is 6.12. The Morgan fingerprint density at radius 3 is 1.00 bits per heavy atom. The molecule has 0 nitrogen and oxygen atoms in total. The molecule has 1 rings (SSSR count). The van der Waals surface area contributed by atoms with E-state index in [1.54, 1.807) is 16.7 Å². The molecule has 0 heterocycles. The van der Waals surface area contributed by atoms with Crippen LogP contribution in [0.3, 0.4) is 0 Å². The largest absolute Gasteiger partial charge is 0.0654 e. The Morgan fingerprint density at radius 1 is 0.395 bits per heavy atom. The van der Waals surface area contributed by atoms with Gasteiger partial charge in [0.25, 0.3) is 0 Å². The topological polar surface area (TPSA) is 0 Å². The summed E-state index contributed by atoms with van der Waals surface area (Å²) in [6.07, 6.45) is 38.7. The van der Waals surface area contributed by atoms with E-state index in [1.165, 1.54) is 179 Å². The third-order valence-electron chi connectivity index (χ3n) is 8.66. The summed E-state index contributed by atoms with van der Waals surface area (Å²) < 4.78 is 0. The van der Waals surface area contributed by atoms with Crippen molar-refractivity contribution in [2.45, 2.75) is 201 Å². The molecule has 0 aliphatic rings. The van der Waals surface area contributed by atoms with Crippen molar-refractivity contribution in [3.8, 4) is 0 Å². The molecule has 0 aliphatic carbocycles. The summed E-state index contributed by atoms with van der Waals surface area (Å²) in [7, 11) is 0. The molecular formula is C38H69. The zero-order chi connectivity index (χ0) is 27.5. The molecule has 0 aromatic heterocycles. The van der Waals surface area contributed by atoms with E-state index in [4.69, 9.17) is 0 Å². The number of aryl methyl sites for hydroxylation is 2. The van der Waals surface area contributed by atoms with Crippen LogP contribution in [0, 0.1) is 6.92 Å². The Kier molecular flexibility index (Phi) is 24.5. The maximum Gasteiger partial charge on any atom is -0.0273 e. The molecule has 0 fully saturated rings. The average Bonchev–Trinajstić information content (AvgIpc) is 2.93. The summed E-state index contributed by atoms with van der Waals surface area (Å²) in [5.74, 6) is 0. The molecule has 0 heteroatoms. The van der Waals surface area contributed by atoms with Gasteiger partial charge in [0.2, 0.25) is 0 Å². The number of unbranched alkanes of at least 4 members (excludes halogenated alkanes) is 21. The van der Waals surface area contributed by atoms with Crippen LogP contribution >= 0.6 is 0 Å².